The van der Waals surface area contributed by atoms with Gasteiger partial charge >= 0.3 is 12.2 Å². The van der Waals surface area contributed by atoms with Crippen LogP contribution in [-0.4, -0.2) is 50.3 Å². The number of likely N-dealkylation sites (tertiary alicyclic amines) is 1. The first kappa shape index (κ1) is 30.3. The van der Waals surface area contributed by atoms with Gasteiger partial charge in [0.2, 0.25) is 0 Å². The third-order valence-corrected chi connectivity index (χ3v) is 9.29. The van der Waals surface area contributed by atoms with E-state index in [1.807, 2.05) is 4.90 Å². The van der Waals surface area contributed by atoms with Crippen LogP contribution in [0.3, 0.4) is 0 Å². The molecule has 0 unspecified atom stereocenters. The van der Waals surface area contributed by atoms with Crippen molar-refractivity contribution in [3.05, 3.63) is 68.5 Å². The van der Waals surface area contributed by atoms with E-state index in [1.165, 1.54) is 30.0 Å². The fourth-order valence-electron chi connectivity index (χ4n) is 4.82. The van der Waals surface area contributed by atoms with Crippen LogP contribution in [0.15, 0.2) is 41.1 Å². The van der Waals surface area contributed by atoms with Gasteiger partial charge in [0.05, 0.1) is 40.1 Å². The third kappa shape index (κ3) is 6.45. The Morgan fingerprint density at radius 1 is 1.18 bits per heavy atom. The number of benzene rings is 2. The number of halogens is 5. The lowest BCUT2D eigenvalue weighted by Crippen LogP contribution is -2.38. The van der Waals surface area contributed by atoms with Crippen molar-refractivity contribution in [3.63, 3.8) is 0 Å². The molecule has 2 aromatic rings. The van der Waals surface area contributed by atoms with E-state index in [9.17, 15) is 26.4 Å². The molecule has 0 spiro atoms. The van der Waals surface area contributed by atoms with Crippen molar-refractivity contribution in [2.75, 3.05) is 31.4 Å². The van der Waals surface area contributed by atoms with Gasteiger partial charge in [0.15, 0.2) is 9.84 Å². The van der Waals surface area contributed by atoms with E-state index in [0.29, 0.717) is 13.0 Å². The molecule has 0 saturated carbocycles. The van der Waals surface area contributed by atoms with E-state index in [2.05, 4.69) is 10.6 Å². The van der Waals surface area contributed by atoms with Crippen LogP contribution in [-0.2, 0) is 40.4 Å². The summed E-state index contributed by atoms with van der Waals surface area (Å²) in [6, 6.07) is 4.53. The number of hydrogen-bond donors (Lipinski definition) is 2. The molecule has 14 heteroatoms. The van der Waals surface area contributed by atoms with E-state index < -0.39 is 27.6 Å². The molecular formula is C26H29Cl2F3N4O4S. The minimum atomic E-state index is -4.69. The number of nitrogens with one attached hydrogen (secondary N) is 2. The third-order valence-electron chi connectivity index (χ3n) is 6.80. The van der Waals surface area contributed by atoms with Gasteiger partial charge in [-0.25, -0.2) is 13.2 Å². The molecule has 2 amide bonds. The highest BCUT2D eigenvalue weighted by Gasteiger charge is 2.38. The summed E-state index contributed by atoms with van der Waals surface area (Å²) in [6.45, 7) is 1.22. The number of alkyl halides is 3. The van der Waals surface area contributed by atoms with Crippen LogP contribution in [0.1, 0.15) is 42.0 Å². The second-order valence-corrected chi connectivity index (χ2v) is 12.5. The topological polar surface area (TPSA) is 91.0 Å². The number of hydrogen-bond acceptors (Lipinski definition) is 6. The van der Waals surface area contributed by atoms with Crippen molar-refractivity contribution in [1.29, 1.82) is 0 Å². The molecule has 2 aliphatic rings. The molecule has 2 heterocycles. The van der Waals surface area contributed by atoms with Crippen molar-refractivity contribution >= 4 is 44.8 Å². The zero-order chi connectivity index (χ0) is 29.2. The van der Waals surface area contributed by atoms with Crippen molar-refractivity contribution in [1.82, 2.24) is 15.1 Å². The fourth-order valence-corrected chi connectivity index (χ4v) is 6.45. The Morgan fingerprint density at radius 3 is 2.60 bits per heavy atom. The minimum absolute atomic E-state index is 0.0187. The predicted molar refractivity (Wildman–Crippen MR) is 147 cm³/mol. The second-order valence-electron chi connectivity index (χ2n) is 9.46. The van der Waals surface area contributed by atoms with Crippen molar-refractivity contribution in [2.24, 2.45) is 0 Å². The van der Waals surface area contributed by atoms with Crippen molar-refractivity contribution in [2.45, 2.75) is 50.5 Å². The first-order valence-electron chi connectivity index (χ1n) is 12.5. The lowest BCUT2D eigenvalue weighted by Gasteiger charge is -2.30. The molecule has 2 N–H and O–H groups in total. The molecule has 218 valence electrons. The van der Waals surface area contributed by atoms with Gasteiger partial charge in [0.25, 0.3) is 0 Å². The fraction of sp³-hybridized carbons (Fsp3) is 0.423. The first-order valence-corrected chi connectivity index (χ1v) is 14.9. The second kappa shape index (κ2) is 12.1. The molecule has 0 aromatic heterocycles. The van der Waals surface area contributed by atoms with Crippen molar-refractivity contribution < 1.29 is 31.1 Å². The lowest BCUT2D eigenvalue weighted by molar-refractivity contribution is -0.138. The molecule has 0 aliphatic carbocycles. The zero-order valence-corrected chi connectivity index (χ0v) is 24.2. The van der Waals surface area contributed by atoms with Gasteiger partial charge in [0, 0.05) is 48.2 Å². The maximum atomic E-state index is 14.2. The summed E-state index contributed by atoms with van der Waals surface area (Å²) in [4.78, 5) is 16.4. The Morgan fingerprint density at radius 2 is 1.93 bits per heavy atom. The molecular weight excluding hydrogens is 592 g/mol. The quantitative estimate of drug-likeness (QED) is 0.395. The number of carbonyl (C=O) groups excluding carboxylic acids is 1. The summed E-state index contributed by atoms with van der Waals surface area (Å²) in [5.74, 6) is -0.153. The Bertz CT molecular complexity index is 1430. The Labute approximate surface area is 241 Å². The van der Waals surface area contributed by atoms with Crippen LogP contribution in [0.5, 0.6) is 0 Å². The highest BCUT2D eigenvalue weighted by atomic mass is 35.5. The largest absolute Gasteiger partial charge is 0.416 e. The lowest BCUT2D eigenvalue weighted by atomic mass is 10.00. The molecule has 0 radical (unpaired) electrons. The maximum Gasteiger partial charge on any atom is 0.416 e. The van der Waals surface area contributed by atoms with Gasteiger partial charge in [-0.1, -0.05) is 30.1 Å². The van der Waals surface area contributed by atoms with Crippen LogP contribution >= 0.6 is 23.2 Å². The first-order chi connectivity index (χ1) is 18.9. The number of fused-ring (bicyclic) bond motifs is 1. The number of nitrogens with zero attached hydrogens (tertiary/aromatic N) is 2. The Balaban J connectivity index is 1.70. The van der Waals surface area contributed by atoms with Crippen molar-refractivity contribution in [3.8, 4) is 0 Å². The summed E-state index contributed by atoms with van der Waals surface area (Å²) < 4.78 is 73.4. The zero-order valence-electron chi connectivity index (χ0n) is 21.9. The van der Waals surface area contributed by atoms with E-state index in [-0.39, 0.29) is 69.5 Å². The number of sulfone groups is 1. The van der Waals surface area contributed by atoms with Crippen LogP contribution in [0, 0.1) is 0 Å². The number of anilines is 1. The smallest absolute Gasteiger partial charge is 0.393 e. The van der Waals surface area contributed by atoms with Crippen LogP contribution < -0.4 is 10.6 Å². The highest BCUT2D eigenvalue weighted by Crippen LogP contribution is 2.43. The van der Waals surface area contributed by atoms with Crippen LogP contribution in [0.4, 0.5) is 23.7 Å². The van der Waals surface area contributed by atoms with Gasteiger partial charge in [-0.3, -0.25) is 4.90 Å². The maximum absolute atomic E-state index is 14.2. The summed E-state index contributed by atoms with van der Waals surface area (Å²) in [6.07, 6.45) is -1.44. The average Bonchev–Trinajstić information content (AvgIpc) is 3.31. The molecule has 1 fully saturated rings. The number of carbonyl (C=O) groups is 1. The molecule has 2 aromatic carbocycles. The minimum Gasteiger partial charge on any atom is -0.393 e. The van der Waals surface area contributed by atoms with E-state index in [0.717, 1.165) is 18.2 Å². The van der Waals surface area contributed by atoms with E-state index in [1.54, 1.807) is 13.2 Å². The van der Waals surface area contributed by atoms with Crippen LogP contribution in [0.2, 0.25) is 10.0 Å². The predicted octanol–water partition coefficient (Wildman–Crippen LogP) is 5.98. The van der Waals surface area contributed by atoms with Crippen LogP contribution in [0.25, 0.3) is 0 Å². The number of ether oxygens (including phenoxy) is 1. The summed E-state index contributed by atoms with van der Waals surface area (Å²) >= 11 is 12.7. The summed E-state index contributed by atoms with van der Waals surface area (Å²) in [7, 11) is -1.91. The molecule has 1 saturated heterocycles. The van der Waals surface area contributed by atoms with Gasteiger partial charge in [-0.2, -0.15) is 13.2 Å². The Kier molecular flexibility index (Phi) is 9.13. The average molecular weight is 622 g/mol. The summed E-state index contributed by atoms with van der Waals surface area (Å²) in [5, 5.41) is 5.62. The number of allylic oxidation sites excluding steroid dienone is 1. The molecule has 8 nitrogen and oxygen atoms in total. The molecule has 40 heavy (non-hydrogen) atoms. The highest BCUT2D eigenvalue weighted by molar-refractivity contribution is 7.91. The number of amides is 2. The monoisotopic (exact) mass is 620 g/mol. The van der Waals surface area contributed by atoms with E-state index >= 15 is 0 Å². The molecule has 0 atom stereocenters. The number of rotatable bonds is 7. The van der Waals surface area contributed by atoms with Gasteiger partial charge in [0.1, 0.15) is 6.73 Å². The SMILES string of the molecule is CCS(=O)(=O)c1ccc(Cl)cc1CN1COCc2cc(C(F)(F)F)c(CN3CCC/C3=C\NC)c(Cl)c2NC1=O. The van der Waals surface area contributed by atoms with E-state index in [4.69, 9.17) is 27.9 Å². The normalized spacial score (nSPS) is 17.5. The standard InChI is InChI=1S/C26H29Cl2F3N4O4S/c1-3-40(37,38)22-7-6-18(27)9-16(22)12-35-15-39-14-17-10-21(26(29,30)31)20(23(28)24(17)33-25(35)36)13-34-8-4-5-19(34)11-32-2/h6-7,9-11,32H,3-5,8,12-15H2,1-2H3,(H,33,36)/b19-11+. The molecule has 4 rings (SSSR count). The van der Waals surface area contributed by atoms with Gasteiger partial charge < -0.3 is 20.3 Å². The molecule has 0 bridgehead atoms. The number of urea groups is 1. The van der Waals surface area contributed by atoms with Gasteiger partial charge in [-0.15, -0.1) is 0 Å². The Hall–Kier alpha value is -2.67. The van der Waals surface area contributed by atoms with Gasteiger partial charge in [-0.05, 0) is 42.7 Å². The summed E-state index contributed by atoms with van der Waals surface area (Å²) in [5.41, 5.74) is 0.192. The molecule has 2 aliphatic heterocycles.